The fourth-order valence-electron chi connectivity index (χ4n) is 4.35. The molecule has 1 heterocycles. The van der Waals surface area contributed by atoms with Gasteiger partial charge in [-0.3, -0.25) is 4.84 Å². The van der Waals surface area contributed by atoms with Crippen molar-refractivity contribution in [2.75, 3.05) is 0 Å². The molecule has 0 bridgehead atoms. The first kappa shape index (κ1) is 22.0. The van der Waals surface area contributed by atoms with Crippen LogP contribution in [-0.4, -0.2) is 4.98 Å². The number of benzene rings is 2. The molecule has 1 fully saturated rings. The summed E-state index contributed by atoms with van der Waals surface area (Å²) in [6.45, 7) is 4.88. The van der Waals surface area contributed by atoms with E-state index in [9.17, 15) is 0 Å². The van der Waals surface area contributed by atoms with Gasteiger partial charge in [0.05, 0.1) is 5.69 Å². The molecule has 31 heavy (non-hydrogen) atoms. The van der Waals surface area contributed by atoms with Crippen molar-refractivity contribution in [3.63, 3.8) is 0 Å². The molecule has 1 saturated carbocycles. The van der Waals surface area contributed by atoms with Crippen LogP contribution in [0.4, 0.5) is 0 Å². The molecule has 5 heteroatoms. The van der Waals surface area contributed by atoms with Crippen molar-refractivity contribution >= 4 is 11.3 Å². The molecular formula is C26H32N2O2S. The Bertz CT molecular complexity index is 944. The summed E-state index contributed by atoms with van der Waals surface area (Å²) in [5.41, 5.74) is 4.62. The second kappa shape index (κ2) is 10.4. The van der Waals surface area contributed by atoms with Gasteiger partial charge in [-0.05, 0) is 47.9 Å². The van der Waals surface area contributed by atoms with Crippen molar-refractivity contribution < 1.29 is 9.57 Å². The van der Waals surface area contributed by atoms with Gasteiger partial charge in [0.15, 0.2) is 0 Å². The van der Waals surface area contributed by atoms with E-state index >= 15 is 0 Å². The fourth-order valence-corrected chi connectivity index (χ4v) is 5.06. The third-order valence-corrected chi connectivity index (χ3v) is 7.04. The topological polar surface area (TPSA) is 57.4 Å². The van der Waals surface area contributed by atoms with E-state index in [-0.39, 0.29) is 6.10 Å². The molecule has 0 radical (unpaired) electrons. The van der Waals surface area contributed by atoms with Crippen LogP contribution in [0, 0.1) is 5.92 Å². The van der Waals surface area contributed by atoms with Gasteiger partial charge in [0, 0.05) is 10.9 Å². The van der Waals surface area contributed by atoms with Gasteiger partial charge >= 0.3 is 0 Å². The molecule has 1 aliphatic carbocycles. The van der Waals surface area contributed by atoms with Gasteiger partial charge in [-0.25, -0.2) is 10.9 Å². The average Bonchev–Trinajstić information content (AvgIpc) is 3.29. The maximum absolute atomic E-state index is 5.98. The Labute approximate surface area is 189 Å². The van der Waals surface area contributed by atoms with Gasteiger partial charge in [-0.15, -0.1) is 11.3 Å². The first-order chi connectivity index (χ1) is 15.1. The van der Waals surface area contributed by atoms with Gasteiger partial charge in [0.2, 0.25) is 0 Å². The van der Waals surface area contributed by atoms with E-state index in [1.165, 1.54) is 37.7 Å². The fraction of sp³-hybridized carbons (Fsp3) is 0.423. The Balaban J connectivity index is 1.35. The van der Waals surface area contributed by atoms with Crippen LogP contribution in [0.3, 0.4) is 0 Å². The molecule has 164 valence electrons. The van der Waals surface area contributed by atoms with Crippen LogP contribution < -0.4 is 10.6 Å². The number of ether oxygens (including phenoxy) is 1. The van der Waals surface area contributed by atoms with Crippen LogP contribution in [0.5, 0.6) is 5.75 Å². The van der Waals surface area contributed by atoms with Crippen molar-refractivity contribution in [2.24, 2.45) is 11.8 Å². The second-order valence-corrected chi connectivity index (χ2v) is 9.66. The molecular weight excluding hydrogens is 404 g/mol. The van der Waals surface area contributed by atoms with Gasteiger partial charge in [0.1, 0.15) is 23.5 Å². The van der Waals surface area contributed by atoms with Crippen molar-refractivity contribution in [3.05, 3.63) is 70.0 Å². The van der Waals surface area contributed by atoms with Crippen LogP contribution in [0.1, 0.15) is 74.1 Å². The summed E-state index contributed by atoms with van der Waals surface area (Å²) < 4.78 is 5.98. The summed E-state index contributed by atoms with van der Waals surface area (Å²) in [5, 5.41) is 3.07. The van der Waals surface area contributed by atoms with Crippen LogP contribution in [0.25, 0.3) is 11.3 Å². The summed E-state index contributed by atoms with van der Waals surface area (Å²) in [6, 6.07) is 16.8. The zero-order valence-electron chi connectivity index (χ0n) is 18.4. The smallest absolute Gasteiger partial charge is 0.140 e. The summed E-state index contributed by atoms with van der Waals surface area (Å²) in [6.07, 6.45) is 6.20. The van der Waals surface area contributed by atoms with Crippen LogP contribution in [0.2, 0.25) is 0 Å². The number of nitrogens with two attached hydrogens (primary N) is 1. The van der Waals surface area contributed by atoms with Gasteiger partial charge in [-0.2, -0.15) is 0 Å². The molecule has 1 aliphatic rings. The minimum absolute atomic E-state index is 0.0297. The SMILES string of the molecule is CC(C)c1ccc(-c2csc(COc3ccc(C(ON)C4CCCCC4)cc3)n2)cc1. The lowest BCUT2D eigenvalue weighted by Gasteiger charge is -2.28. The van der Waals surface area contributed by atoms with Crippen LogP contribution in [0.15, 0.2) is 53.9 Å². The molecule has 1 aromatic heterocycles. The van der Waals surface area contributed by atoms with Crippen molar-refractivity contribution in [2.45, 2.75) is 64.6 Å². The molecule has 0 saturated heterocycles. The molecule has 0 amide bonds. The highest BCUT2D eigenvalue weighted by atomic mass is 32.1. The third-order valence-electron chi connectivity index (χ3n) is 6.22. The average molecular weight is 437 g/mol. The van der Waals surface area contributed by atoms with E-state index in [1.807, 2.05) is 12.1 Å². The minimum atomic E-state index is -0.0297. The molecule has 0 aliphatic heterocycles. The monoisotopic (exact) mass is 436 g/mol. The van der Waals surface area contributed by atoms with Crippen molar-refractivity contribution in [1.29, 1.82) is 0 Å². The summed E-state index contributed by atoms with van der Waals surface area (Å²) in [7, 11) is 0. The second-order valence-electron chi connectivity index (χ2n) is 8.72. The first-order valence-corrected chi connectivity index (χ1v) is 12.1. The number of hydrogen-bond donors (Lipinski definition) is 1. The highest BCUT2D eigenvalue weighted by molar-refractivity contribution is 7.09. The number of rotatable bonds is 8. The summed E-state index contributed by atoms with van der Waals surface area (Å²) in [5.74, 6) is 7.52. The number of nitrogens with zero attached hydrogens (tertiary/aromatic N) is 1. The number of thiazole rings is 1. The molecule has 4 nitrogen and oxygen atoms in total. The van der Waals surface area contributed by atoms with E-state index in [1.54, 1.807) is 11.3 Å². The van der Waals surface area contributed by atoms with Gasteiger partial charge in [-0.1, -0.05) is 69.5 Å². The van der Waals surface area contributed by atoms with E-state index in [4.69, 9.17) is 20.5 Å². The highest BCUT2D eigenvalue weighted by Crippen LogP contribution is 2.36. The number of hydrogen-bond acceptors (Lipinski definition) is 5. The van der Waals surface area contributed by atoms with Gasteiger partial charge < -0.3 is 4.74 Å². The van der Waals surface area contributed by atoms with Crippen molar-refractivity contribution in [1.82, 2.24) is 4.98 Å². The zero-order chi connectivity index (χ0) is 21.6. The van der Waals surface area contributed by atoms with Crippen molar-refractivity contribution in [3.8, 4) is 17.0 Å². The minimum Gasteiger partial charge on any atom is -0.486 e. The molecule has 2 N–H and O–H groups in total. The lowest BCUT2D eigenvalue weighted by atomic mass is 9.83. The lowest BCUT2D eigenvalue weighted by molar-refractivity contribution is -0.00278. The molecule has 4 rings (SSSR count). The Morgan fingerprint density at radius 2 is 1.65 bits per heavy atom. The Morgan fingerprint density at radius 3 is 2.29 bits per heavy atom. The van der Waals surface area contributed by atoms with E-state index in [0.717, 1.165) is 27.6 Å². The van der Waals surface area contributed by atoms with Crippen LogP contribution in [-0.2, 0) is 11.4 Å². The van der Waals surface area contributed by atoms with E-state index in [2.05, 4.69) is 55.6 Å². The predicted molar refractivity (Wildman–Crippen MR) is 127 cm³/mol. The maximum atomic E-state index is 5.98. The molecule has 2 aromatic carbocycles. The quantitative estimate of drug-likeness (QED) is 0.385. The van der Waals surface area contributed by atoms with E-state index in [0.29, 0.717) is 18.4 Å². The molecule has 0 spiro atoms. The molecule has 3 aromatic rings. The summed E-state index contributed by atoms with van der Waals surface area (Å²) in [4.78, 5) is 10.1. The Morgan fingerprint density at radius 1 is 0.968 bits per heavy atom. The van der Waals surface area contributed by atoms with Gasteiger partial charge in [0.25, 0.3) is 0 Å². The zero-order valence-corrected chi connectivity index (χ0v) is 19.2. The first-order valence-electron chi connectivity index (χ1n) is 11.3. The Kier molecular flexibility index (Phi) is 7.38. The standard InChI is InChI=1S/C26H32N2O2S/c1-18(2)19-8-10-20(11-9-19)24-17-31-25(28-24)16-29-23-14-12-22(13-15-23)26(30-27)21-6-4-3-5-7-21/h8-15,17-18,21,26H,3-7,16,27H2,1-2H3. The Hall–Kier alpha value is -2.21. The third kappa shape index (κ3) is 5.53. The maximum Gasteiger partial charge on any atom is 0.140 e. The normalized spacial score (nSPS) is 15.9. The van der Waals surface area contributed by atoms with E-state index < -0.39 is 0 Å². The largest absolute Gasteiger partial charge is 0.486 e. The number of aromatic nitrogens is 1. The lowest BCUT2D eigenvalue weighted by Crippen LogP contribution is -2.21. The molecule has 1 unspecified atom stereocenters. The van der Waals surface area contributed by atoms with Crippen LogP contribution >= 0.6 is 11.3 Å². The highest BCUT2D eigenvalue weighted by Gasteiger charge is 2.25. The summed E-state index contributed by atoms with van der Waals surface area (Å²) >= 11 is 1.63. The molecule has 1 atom stereocenters. The predicted octanol–water partition coefficient (Wildman–Crippen LogP) is 7.02.